The third-order valence-electron chi connectivity index (χ3n) is 3.78. The van der Waals surface area contributed by atoms with Gasteiger partial charge in [0.15, 0.2) is 5.84 Å². The van der Waals surface area contributed by atoms with Crippen molar-refractivity contribution in [3.8, 4) is 11.5 Å². The van der Waals surface area contributed by atoms with E-state index in [1.807, 2.05) is 0 Å². The van der Waals surface area contributed by atoms with E-state index in [2.05, 4.69) is 5.16 Å². The van der Waals surface area contributed by atoms with Crippen LogP contribution in [-0.2, 0) is 4.74 Å². The van der Waals surface area contributed by atoms with Crippen molar-refractivity contribution in [1.82, 2.24) is 0 Å². The number of oxime groups is 1. The summed E-state index contributed by atoms with van der Waals surface area (Å²) in [6.45, 7) is 0. The Morgan fingerprint density at radius 2 is 2.05 bits per heavy atom. The van der Waals surface area contributed by atoms with Crippen LogP contribution < -0.4 is 15.2 Å². The second-order valence-corrected chi connectivity index (χ2v) is 5.11. The maximum atomic E-state index is 8.88. The molecule has 0 radical (unpaired) electrons. The molecule has 1 aliphatic rings. The Morgan fingerprint density at radius 1 is 1.29 bits per heavy atom. The molecule has 0 saturated heterocycles. The van der Waals surface area contributed by atoms with Crippen LogP contribution in [0.15, 0.2) is 23.4 Å². The van der Waals surface area contributed by atoms with E-state index < -0.39 is 0 Å². The zero-order valence-electron chi connectivity index (χ0n) is 12.4. The lowest BCUT2D eigenvalue weighted by atomic mass is 9.95. The molecule has 116 valence electrons. The maximum Gasteiger partial charge on any atom is 0.173 e. The van der Waals surface area contributed by atoms with Gasteiger partial charge in [0, 0.05) is 19.6 Å². The third-order valence-corrected chi connectivity index (χ3v) is 3.78. The van der Waals surface area contributed by atoms with E-state index in [-0.39, 0.29) is 18.0 Å². The van der Waals surface area contributed by atoms with E-state index in [1.54, 1.807) is 32.4 Å². The van der Waals surface area contributed by atoms with Crippen LogP contribution in [0.1, 0.15) is 31.2 Å². The Bertz CT molecular complexity index is 504. The first kappa shape index (κ1) is 15.4. The molecule has 6 heteroatoms. The fourth-order valence-electron chi connectivity index (χ4n) is 2.60. The predicted octanol–water partition coefficient (Wildman–Crippen LogP) is 2.13. The molecule has 3 N–H and O–H groups in total. The smallest absolute Gasteiger partial charge is 0.173 e. The number of hydrogen-bond donors (Lipinski definition) is 2. The average Bonchev–Trinajstić information content (AvgIpc) is 2.54. The van der Waals surface area contributed by atoms with Crippen molar-refractivity contribution in [3.63, 3.8) is 0 Å². The minimum atomic E-state index is 0.0201. The Kier molecular flexibility index (Phi) is 5.27. The molecule has 0 heterocycles. The molecule has 0 aromatic heterocycles. The van der Waals surface area contributed by atoms with Crippen molar-refractivity contribution in [2.45, 2.75) is 37.9 Å². The highest BCUT2D eigenvalue weighted by atomic mass is 16.5. The Hall–Kier alpha value is -1.95. The van der Waals surface area contributed by atoms with E-state index in [9.17, 15) is 0 Å². The number of nitrogens with two attached hydrogens (primary N) is 1. The van der Waals surface area contributed by atoms with Crippen molar-refractivity contribution in [1.29, 1.82) is 0 Å². The van der Waals surface area contributed by atoms with Crippen molar-refractivity contribution < 1.29 is 19.4 Å². The van der Waals surface area contributed by atoms with Crippen LogP contribution in [0.25, 0.3) is 0 Å². The maximum absolute atomic E-state index is 8.88. The second kappa shape index (κ2) is 7.17. The van der Waals surface area contributed by atoms with Gasteiger partial charge < -0.3 is 25.2 Å². The number of methoxy groups -OCH3 is 2. The monoisotopic (exact) mass is 294 g/mol. The molecule has 1 aromatic carbocycles. The van der Waals surface area contributed by atoms with E-state index in [1.165, 1.54) is 0 Å². The Labute approximate surface area is 124 Å². The molecule has 0 amide bonds. The summed E-state index contributed by atoms with van der Waals surface area (Å²) in [5, 5.41) is 11.9. The minimum absolute atomic E-state index is 0.0201. The van der Waals surface area contributed by atoms with Gasteiger partial charge in [-0.2, -0.15) is 0 Å². The van der Waals surface area contributed by atoms with Crippen molar-refractivity contribution >= 4 is 5.84 Å². The Morgan fingerprint density at radius 3 is 2.71 bits per heavy atom. The van der Waals surface area contributed by atoms with Crippen LogP contribution in [0.2, 0.25) is 0 Å². The second-order valence-electron chi connectivity index (χ2n) is 5.11. The van der Waals surface area contributed by atoms with Crippen LogP contribution in [0.4, 0.5) is 0 Å². The summed E-state index contributed by atoms with van der Waals surface area (Å²) in [6.07, 6.45) is 4.20. The van der Waals surface area contributed by atoms with Gasteiger partial charge in [0.05, 0.1) is 18.8 Å². The first-order valence-electron chi connectivity index (χ1n) is 7.03. The predicted molar refractivity (Wildman–Crippen MR) is 79.2 cm³/mol. The van der Waals surface area contributed by atoms with Gasteiger partial charge in [0.25, 0.3) is 0 Å². The molecule has 0 aliphatic heterocycles. The van der Waals surface area contributed by atoms with Gasteiger partial charge in [-0.15, -0.1) is 0 Å². The zero-order valence-corrected chi connectivity index (χ0v) is 12.4. The zero-order chi connectivity index (χ0) is 15.2. The van der Waals surface area contributed by atoms with Gasteiger partial charge in [0.1, 0.15) is 17.6 Å². The van der Waals surface area contributed by atoms with Gasteiger partial charge in [-0.3, -0.25) is 0 Å². The molecule has 21 heavy (non-hydrogen) atoms. The van der Waals surface area contributed by atoms with Crippen molar-refractivity contribution in [2.24, 2.45) is 10.9 Å². The molecule has 1 aromatic rings. The molecular formula is C15H22N2O4. The molecule has 1 fully saturated rings. The van der Waals surface area contributed by atoms with Crippen LogP contribution in [0, 0.1) is 0 Å². The standard InChI is InChI=1S/C15H22N2O4/c1-19-10-4-3-5-12(8-10)21-14-9-11(20-2)6-7-13(14)15(16)17-18/h6-7,9-10,12,18H,3-5,8H2,1-2H3,(H2,16,17). The molecule has 1 aliphatic carbocycles. The summed E-state index contributed by atoms with van der Waals surface area (Å²) in [5.41, 5.74) is 6.25. The highest BCUT2D eigenvalue weighted by Gasteiger charge is 2.24. The highest BCUT2D eigenvalue weighted by Crippen LogP contribution is 2.30. The fraction of sp³-hybridized carbons (Fsp3) is 0.533. The van der Waals surface area contributed by atoms with Crippen LogP contribution in [0.3, 0.4) is 0 Å². The lowest BCUT2D eigenvalue weighted by Gasteiger charge is -2.29. The number of benzene rings is 1. The number of rotatable bonds is 5. The summed E-state index contributed by atoms with van der Waals surface area (Å²) < 4.78 is 16.7. The van der Waals surface area contributed by atoms with Gasteiger partial charge >= 0.3 is 0 Å². The molecular weight excluding hydrogens is 272 g/mol. The lowest BCUT2D eigenvalue weighted by molar-refractivity contribution is 0.0208. The van der Waals surface area contributed by atoms with E-state index in [4.69, 9.17) is 25.2 Å². The van der Waals surface area contributed by atoms with Gasteiger partial charge in [0.2, 0.25) is 0 Å². The van der Waals surface area contributed by atoms with Crippen LogP contribution in [0.5, 0.6) is 11.5 Å². The molecule has 0 spiro atoms. The molecule has 2 unspecified atom stereocenters. The number of nitrogens with zero attached hydrogens (tertiary/aromatic N) is 1. The third kappa shape index (κ3) is 3.78. The molecule has 0 bridgehead atoms. The molecule has 6 nitrogen and oxygen atoms in total. The van der Waals surface area contributed by atoms with Gasteiger partial charge in [-0.05, 0) is 31.4 Å². The van der Waals surface area contributed by atoms with E-state index in [0.29, 0.717) is 17.1 Å². The highest BCUT2D eigenvalue weighted by molar-refractivity contribution is 5.99. The number of hydrogen-bond acceptors (Lipinski definition) is 5. The normalized spacial score (nSPS) is 22.9. The molecule has 1 saturated carbocycles. The summed E-state index contributed by atoms with van der Waals surface area (Å²) >= 11 is 0. The van der Waals surface area contributed by atoms with Gasteiger partial charge in [-0.25, -0.2) is 0 Å². The Balaban J connectivity index is 2.20. The summed E-state index contributed by atoms with van der Waals surface area (Å²) in [7, 11) is 3.31. The van der Waals surface area contributed by atoms with Crippen molar-refractivity contribution in [2.75, 3.05) is 14.2 Å². The summed E-state index contributed by atoms with van der Waals surface area (Å²) in [4.78, 5) is 0. The van der Waals surface area contributed by atoms with E-state index in [0.717, 1.165) is 25.7 Å². The summed E-state index contributed by atoms with van der Waals surface area (Å²) in [5.74, 6) is 1.25. The fourth-order valence-corrected chi connectivity index (χ4v) is 2.60. The largest absolute Gasteiger partial charge is 0.497 e. The first-order valence-corrected chi connectivity index (χ1v) is 7.03. The molecule has 2 rings (SSSR count). The van der Waals surface area contributed by atoms with Crippen molar-refractivity contribution in [3.05, 3.63) is 23.8 Å². The minimum Gasteiger partial charge on any atom is -0.497 e. The quantitative estimate of drug-likeness (QED) is 0.376. The average molecular weight is 294 g/mol. The lowest BCUT2D eigenvalue weighted by Crippen LogP contribution is -2.30. The number of ether oxygens (including phenoxy) is 3. The van der Waals surface area contributed by atoms with Crippen LogP contribution >= 0.6 is 0 Å². The summed E-state index contributed by atoms with van der Waals surface area (Å²) in [6, 6.07) is 5.22. The first-order chi connectivity index (χ1) is 10.2. The van der Waals surface area contributed by atoms with Crippen LogP contribution in [-0.4, -0.2) is 37.5 Å². The number of amidine groups is 1. The topological polar surface area (TPSA) is 86.3 Å². The molecule has 2 atom stereocenters. The van der Waals surface area contributed by atoms with E-state index >= 15 is 0 Å². The van der Waals surface area contributed by atoms with Gasteiger partial charge in [-0.1, -0.05) is 5.16 Å². The SMILES string of the molecule is COc1ccc(/C(N)=N/O)c(OC2CCCC(OC)C2)c1.